The summed E-state index contributed by atoms with van der Waals surface area (Å²) in [6.07, 6.45) is 0. The lowest BCUT2D eigenvalue weighted by molar-refractivity contribution is 0.0694. The summed E-state index contributed by atoms with van der Waals surface area (Å²) in [5.41, 5.74) is 2.38. The quantitative estimate of drug-likeness (QED) is 0.896. The zero-order valence-corrected chi connectivity index (χ0v) is 11.4. The van der Waals surface area contributed by atoms with Gasteiger partial charge >= 0.3 is 5.97 Å². The van der Waals surface area contributed by atoms with Crippen molar-refractivity contribution in [1.29, 1.82) is 0 Å². The van der Waals surface area contributed by atoms with E-state index in [0.717, 1.165) is 11.1 Å². The molecule has 0 bridgehead atoms. The third-order valence-electron chi connectivity index (χ3n) is 3.12. The van der Waals surface area contributed by atoms with Gasteiger partial charge in [-0.2, -0.15) is 0 Å². The summed E-state index contributed by atoms with van der Waals surface area (Å²) in [7, 11) is 0. The van der Waals surface area contributed by atoms with Crippen molar-refractivity contribution in [2.45, 2.75) is 20.5 Å². The number of carboxylic acids is 1. The second-order valence-corrected chi connectivity index (χ2v) is 4.66. The van der Waals surface area contributed by atoms with Crippen LogP contribution in [0.25, 0.3) is 0 Å². The number of carboxylic acid groups (broad SMARTS) is 1. The van der Waals surface area contributed by atoms with E-state index in [0.29, 0.717) is 11.3 Å². The van der Waals surface area contributed by atoms with Crippen LogP contribution in [0.4, 0.5) is 0 Å². The smallest absolute Gasteiger partial charge is 0.336 e. The van der Waals surface area contributed by atoms with Crippen LogP contribution >= 0.6 is 0 Å². The van der Waals surface area contributed by atoms with Gasteiger partial charge in [-0.15, -0.1) is 0 Å². The summed E-state index contributed by atoms with van der Waals surface area (Å²) < 4.78 is 5.68. The SMILES string of the molecule is Cc1cc(OCc2ccccc2C(=O)O)c(C)cc1O. The number of aromatic carboxylic acids is 1. The summed E-state index contributed by atoms with van der Waals surface area (Å²) in [6.45, 7) is 3.79. The highest BCUT2D eigenvalue weighted by Gasteiger charge is 2.10. The molecule has 104 valence electrons. The van der Waals surface area contributed by atoms with Crippen LogP contribution in [0.3, 0.4) is 0 Å². The van der Waals surface area contributed by atoms with Crippen LogP contribution in [-0.2, 0) is 6.61 Å². The molecule has 4 heteroatoms. The van der Waals surface area contributed by atoms with Crippen LogP contribution in [0.5, 0.6) is 11.5 Å². The lowest BCUT2D eigenvalue weighted by Crippen LogP contribution is -2.05. The molecule has 0 aromatic heterocycles. The molecule has 0 radical (unpaired) electrons. The lowest BCUT2D eigenvalue weighted by atomic mass is 10.1. The average Bonchev–Trinajstić information content (AvgIpc) is 2.41. The van der Waals surface area contributed by atoms with Gasteiger partial charge in [0, 0.05) is 5.56 Å². The Hall–Kier alpha value is -2.49. The fourth-order valence-corrected chi connectivity index (χ4v) is 1.94. The number of hydrogen-bond acceptors (Lipinski definition) is 3. The molecule has 2 rings (SSSR count). The van der Waals surface area contributed by atoms with Crippen molar-refractivity contribution in [2.75, 3.05) is 0 Å². The van der Waals surface area contributed by atoms with Crippen LogP contribution in [0.2, 0.25) is 0 Å². The number of phenolic OH excluding ortho intramolecular Hbond substituents is 1. The molecule has 4 nitrogen and oxygen atoms in total. The Morgan fingerprint density at radius 3 is 2.55 bits per heavy atom. The van der Waals surface area contributed by atoms with Gasteiger partial charge in [0.25, 0.3) is 0 Å². The highest BCUT2D eigenvalue weighted by Crippen LogP contribution is 2.27. The maximum absolute atomic E-state index is 11.1. The van der Waals surface area contributed by atoms with E-state index in [1.807, 2.05) is 6.92 Å². The van der Waals surface area contributed by atoms with Gasteiger partial charge in [-0.05, 0) is 43.2 Å². The van der Waals surface area contributed by atoms with Crippen molar-refractivity contribution in [2.24, 2.45) is 0 Å². The lowest BCUT2D eigenvalue weighted by Gasteiger charge is -2.12. The molecule has 0 fully saturated rings. The highest BCUT2D eigenvalue weighted by molar-refractivity contribution is 5.89. The first-order valence-corrected chi connectivity index (χ1v) is 6.23. The van der Waals surface area contributed by atoms with Crippen molar-refractivity contribution in [3.05, 3.63) is 58.7 Å². The predicted molar refractivity (Wildman–Crippen MR) is 75.3 cm³/mol. The van der Waals surface area contributed by atoms with Crippen molar-refractivity contribution in [3.8, 4) is 11.5 Å². The van der Waals surface area contributed by atoms with Gasteiger partial charge in [-0.1, -0.05) is 18.2 Å². The zero-order chi connectivity index (χ0) is 14.7. The van der Waals surface area contributed by atoms with Crippen LogP contribution in [0.15, 0.2) is 36.4 Å². The molecule has 0 saturated carbocycles. The topological polar surface area (TPSA) is 66.8 Å². The van der Waals surface area contributed by atoms with Gasteiger partial charge in [0.15, 0.2) is 0 Å². The summed E-state index contributed by atoms with van der Waals surface area (Å²) in [4.78, 5) is 11.1. The second-order valence-electron chi connectivity index (χ2n) is 4.66. The summed E-state index contributed by atoms with van der Waals surface area (Å²) in [5, 5.41) is 18.7. The number of benzene rings is 2. The largest absolute Gasteiger partial charge is 0.508 e. The number of phenols is 1. The Kier molecular flexibility index (Phi) is 3.94. The van der Waals surface area contributed by atoms with E-state index in [9.17, 15) is 9.90 Å². The Morgan fingerprint density at radius 1 is 1.15 bits per heavy atom. The van der Waals surface area contributed by atoms with Crippen LogP contribution in [0.1, 0.15) is 27.0 Å². The summed E-state index contributed by atoms with van der Waals surface area (Å²) >= 11 is 0. The number of aromatic hydroxyl groups is 1. The van der Waals surface area contributed by atoms with E-state index in [4.69, 9.17) is 9.84 Å². The van der Waals surface area contributed by atoms with Crippen molar-refractivity contribution in [1.82, 2.24) is 0 Å². The summed E-state index contributed by atoms with van der Waals surface area (Å²) in [5.74, 6) is -0.107. The molecular formula is C16H16O4. The summed E-state index contributed by atoms with van der Waals surface area (Å²) in [6, 6.07) is 10.1. The first-order valence-electron chi connectivity index (χ1n) is 6.23. The molecule has 2 aromatic rings. The van der Waals surface area contributed by atoms with E-state index in [2.05, 4.69) is 0 Å². The molecule has 20 heavy (non-hydrogen) atoms. The third-order valence-corrected chi connectivity index (χ3v) is 3.12. The minimum absolute atomic E-state index is 0.174. The zero-order valence-electron chi connectivity index (χ0n) is 11.4. The number of carbonyl (C=O) groups is 1. The Bertz CT molecular complexity index is 647. The molecule has 0 amide bonds. The molecule has 0 heterocycles. The van der Waals surface area contributed by atoms with Crippen LogP contribution < -0.4 is 4.74 Å². The van der Waals surface area contributed by atoms with Gasteiger partial charge in [0.2, 0.25) is 0 Å². The average molecular weight is 272 g/mol. The van der Waals surface area contributed by atoms with E-state index in [-0.39, 0.29) is 17.9 Å². The number of aryl methyl sites for hydroxylation is 2. The fourth-order valence-electron chi connectivity index (χ4n) is 1.94. The van der Waals surface area contributed by atoms with E-state index in [1.165, 1.54) is 0 Å². The predicted octanol–water partition coefficient (Wildman–Crippen LogP) is 3.29. The molecule has 2 aromatic carbocycles. The fraction of sp³-hybridized carbons (Fsp3) is 0.188. The third kappa shape index (κ3) is 2.91. The van der Waals surface area contributed by atoms with Gasteiger partial charge < -0.3 is 14.9 Å². The molecule has 0 atom stereocenters. The Balaban J connectivity index is 2.21. The number of rotatable bonds is 4. The van der Waals surface area contributed by atoms with Gasteiger partial charge in [0.1, 0.15) is 18.1 Å². The van der Waals surface area contributed by atoms with Crippen LogP contribution in [-0.4, -0.2) is 16.2 Å². The van der Waals surface area contributed by atoms with E-state index >= 15 is 0 Å². The first-order chi connectivity index (χ1) is 9.49. The van der Waals surface area contributed by atoms with Crippen molar-refractivity contribution >= 4 is 5.97 Å². The van der Waals surface area contributed by atoms with Gasteiger partial charge in [-0.25, -0.2) is 4.79 Å². The molecular weight excluding hydrogens is 256 g/mol. The Labute approximate surface area is 117 Å². The minimum atomic E-state index is -0.970. The highest BCUT2D eigenvalue weighted by atomic mass is 16.5. The van der Waals surface area contributed by atoms with Gasteiger partial charge in [0.05, 0.1) is 5.56 Å². The maximum Gasteiger partial charge on any atom is 0.336 e. The molecule has 0 unspecified atom stereocenters. The molecule has 0 aliphatic rings. The monoisotopic (exact) mass is 272 g/mol. The molecule has 0 saturated heterocycles. The molecule has 0 aliphatic heterocycles. The van der Waals surface area contributed by atoms with Crippen LogP contribution in [0, 0.1) is 13.8 Å². The van der Waals surface area contributed by atoms with E-state index < -0.39 is 5.97 Å². The van der Waals surface area contributed by atoms with Crippen molar-refractivity contribution in [3.63, 3.8) is 0 Å². The minimum Gasteiger partial charge on any atom is -0.508 e. The maximum atomic E-state index is 11.1. The second kappa shape index (κ2) is 5.65. The standard InChI is InChI=1S/C16H16O4/c1-10-8-15(11(2)7-14(10)17)20-9-12-5-3-4-6-13(12)16(18)19/h3-8,17H,9H2,1-2H3,(H,18,19). The van der Waals surface area contributed by atoms with E-state index in [1.54, 1.807) is 43.3 Å². The first kappa shape index (κ1) is 13.9. The normalized spacial score (nSPS) is 10.3. The van der Waals surface area contributed by atoms with Crippen molar-refractivity contribution < 1.29 is 19.7 Å². The molecule has 0 aliphatic carbocycles. The number of hydrogen-bond donors (Lipinski definition) is 2. The Morgan fingerprint density at radius 2 is 1.85 bits per heavy atom. The molecule has 2 N–H and O–H groups in total. The number of ether oxygens (including phenoxy) is 1. The molecule has 0 spiro atoms. The van der Waals surface area contributed by atoms with Gasteiger partial charge in [-0.3, -0.25) is 0 Å².